The zero-order valence-corrected chi connectivity index (χ0v) is 15.0. The SMILES string of the molecule is CC1=C(C(=O)Nc2cccc(C)c2)[C@@H](c2ccc(F)c(F)c2)NC(=S)N1. The van der Waals surface area contributed by atoms with Crippen molar-refractivity contribution in [1.82, 2.24) is 10.6 Å². The number of anilines is 1. The fraction of sp³-hybridized carbons (Fsp3) is 0.158. The number of amides is 1. The molecule has 1 aliphatic rings. The van der Waals surface area contributed by atoms with Crippen LogP contribution < -0.4 is 16.0 Å². The number of nitrogens with one attached hydrogen (secondary N) is 3. The minimum Gasteiger partial charge on any atom is -0.351 e. The molecule has 3 N–H and O–H groups in total. The quantitative estimate of drug-likeness (QED) is 0.718. The molecule has 0 saturated heterocycles. The van der Waals surface area contributed by atoms with Gasteiger partial charge >= 0.3 is 0 Å². The van der Waals surface area contributed by atoms with Gasteiger partial charge in [-0.15, -0.1) is 0 Å². The molecule has 1 amide bonds. The lowest BCUT2D eigenvalue weighted by Crippen LogP contribution is -2.45. The smallest absolute Gasteiger partial charge is 0.255 e. The van der Waals surface area contributed by atoms with E-state index < -0.39 is 17.7 Å². The fourth-order valence-electron chi connectivity index (χ4n) is 2.86. The van der Waals surface area contributed by atoms with Crippen molar-refractivity contribution in [3.05, 3.63) is 76.5 Å². The molecule has 3 rings (SSSR count). The van der Waals surface area contributed by atoms with E-state index in [0.29, 0.717) is 27.6 Å². The Morgan fingerprint density at radius 1 is 1.12 bits per heavy atom. The van der Waals surface area contributed by atoms with E-state index in [1.807, 2.05) is 25.1 Å². The molecule has 0 saturated carbocycles. The van der Waals surface area contributed by atoms with Crippen LogP contribution in [0, 0.1) is 18.6 Å². The third kappa shape index (κ3) is 3.72. The van der Waals surface area contributed by atoms with Crippen molar-refractivity contribution in [3.8, 4) is 0 Å². The molecule has 7 heteroatoms. The minimum absolute atomic E-state index is 0.310. The number of allylic oxidation sites excluding steroid dienone is 1. The first-order valence-electron chi connectivity index (χ1n) is 7.96. The van der Waals surface area contributed by atoms with E-state index in [-0.39, 0.29) is 5.91 Å². The molecule has 26 heavy (non-hydrogen) atoms. The van der Waals surface area contributed by atoms with Crippen molar-refractivity contribution in [2.45, 2.75) is 19.9 Å². The maximum Gasteiger partial charge on any atom is 0.255 e. The molecule has 0 fully saturated rings. The lowest BCUT2D eigenvalue weighted by atomic mass is 9.94. The summed E-state index contributed by atoms with van der Waals surface area (Å²) in [7, 11) is 0. The summed E-state index contributed by atoms with van der Waals surface area (Å²) in [6.45, 7) is 3.64. The summed E-state index contributed by atoms with van der Waals surface area (Å²) in [4.78, 5) is 12.9. The Morgan fingerprint density at radius 3 is 2.58 bits per heavy atom. The van der Waals surface area contributed by atoms with Crippen molar-refractivity contribution in [1.29, 1.82) is 0 Å². The highest BCUT2D eigenvalue weighted by molar-refractivity contribution is 7.80. The number of hydrogen-bond donors (Lipinski definition) is 3. The first kappa shape index (κ1) is 18.0. The van der Waals surface area contributed by atoms with Gasteiger partial charge in [-0.25, -0.2) is 8.78 Å². The van der Waals surface area contributed by atoms with Crippen LogP contribution in [-0.4, -0.2) is 11.0 Å². The van der Waals surface area contributed by atoms with Gasteiger partial charge in [0.15, 0.2) is 16.7 Å². The Kier molecular flexibility index (Phi) is 4.99. The number of thiocarbonyl (C=S) groups is 1. The van der Waals surface area contributed by atoms with Gasteiger partial charge in [-0.05, 0) is 61.5 Å². The molecule has 0 radical (unpaired) electrons. The van der Waals surface area contributed by atoms with Crippen LogP contribution in [0.3, 0.4) is 0 Å². The average Bonchev–Trinajstić information content (AvgIpc) is 2.56. The second-order valence-corrected chi connectivity index (χ2v) is 6.48. The lowest BCUT2D eigenvalue weighted by Gasteiger charge is -2.30. The van der Waals surface area contributed by atoms with E-state index in [2.05, 4.69) is 16.0 Å². The molecule has 0 aromatic heterocycles. The van der Waals surface area contributed by atoms with Crippen molar-refractivity contribution in [2.75, 3.05) is 5.32 Å². The van der Waals surface area contributed by atoms with Crippen LogP contribution in [0.15, 0.2) is 53.7 Å². The highest BCUT2D eigenvalue weighted by atomic mass is 32.1. The van der Waals surface area contributed by atoms with Gasteiger partial charge < -0.3 is 16.0 Å². The molecule has 1 atom stereocenters. The first-order chi connectivity index (χ1) is 12.3. The Morgan fingerprint density at radius 2 is 1.88 bits per heavy atom. The number of halogens is 2. The summed E-state index contributed by atoms with van der Waals surface area (Å²) in [6.07, 6.45) is 0. The Bertz CT molecular complexity index is 927. The Hall–Kier alpha value is -2.80. The van der Waals surface area contributed by atoms with Crippen molar-refractivity contribution >= 4 is 28.9 Å². The van der Waals surface area contributed by atoms with E-state index in [1.165, 1.54) is 6.07 Å². The highest BCUT2D eigenvalue weighted by Gasteiger charge is 2.30. The summed E-state index contributed by atoms with van der Waals surface area (Å²) in [5.74, 6) is -2.29. The summed E-state index contributed by atoms with van der Waals surface area (Å²) in [5, 5.41) is 9.00. The van der Waals surface area contributed by atoms with Crippen LogP contribution in [0.5, 0.6) is 0 Å². The number of hydrogen-bond acceptors (Lipinski definition) is 2. The summed E-state index contributed by atoms with van der Waals surface area (Å²) >= 11 is 5.15. The predicted octanol–water partition coefficient (Wildman–Crippen LogP) is 3.70. The maximum atomic E-state index is 13.7. The number of carbonyl (C=O) groups excluding carboxylic acids is 1. The van der Waals surface area contributed by atoms with Gasteiger partial charge in [-0.2, -0.15) is 0 Å². The van der Waals surface area contributed by atoms with Gasteiger partial charge in [0.1, 0.15) is 0 Å². The lowest BCUT2D eigenvalue weighted by molar-refractivity contribution is -0.113. The van der Waals surface area contributed by atoms with Gasteiger partial charge in [-0.1, -0.05) is 18.2 Å². The molecular formula is C19H17F2N3OS. The van der Waals surface area contributed by atoms with Gasteiger partial charge in [0.25, 0.3) is 5.91 Å². The van der Waals surface area contributed by atoms with Crippen LogP contribution in [0.1, 0.15) is 24.1 Å². The van der Waals surface area contributed by atoms with E-state index >= 15 is 0 Å². The first-order valence-corrected chi connectivity index (χ1v) is 8.37. The standard InChI is InChI=1S/C19H17F2N3OS/c1-10-4-3-5-13(8-10)23-18(25)16-11(2)22-19(26)24-17(16)12-6-7-14(20)15(21)9-12/h3-9,17H,1-2H3,(H,23,25)(H2,22,24,26)/t17-/m1/s1. The molecule has 4 nitrogen and oxygen atoms in total. The normalized spacial score (nSPS) is 16.8. The molecule has 2 aromatic rings. The number of aryl methyl sites for hydroxylation is 1. The van der Waals surface area contributed by atoms with Crippen LogP contribution in [0.2, 0.25) is 0 Å². The molecule has 1 heterocycles. The summed E-state index contributed by atoms with van der Waals surface area (Å²) < 4.78 is 27.0. The highest BCUT2D eigenvalue weighted by Crippen LogP contribution is 2.28. The summed E-state index contributed by atoms with van der Waals surface area (Å²) in [6, 6.07) is 10.2. The van der Waals surface area contributed by atoms with E-state index in [4.69, 9.17) is 12.2 Å². The van der Waals surface area contributed by atoms with E-state index in [1.54, 1.807) is 13.0 Å². The van der Waals surface area contributed by atoms with Gasteiger partial charge in [0.05, 0.1) is 11.6 Å². The molecule has 134 valence electrons. The Labute approximate surface area is 155 Å². The summed E-state index contributed by atoms with van der Waals surface area (Å²) in [5.41, 5.74) is 2.96. The third-order valence-corrected chi connectivity index (χ3v) is 4.29. The van der Waals surface area contributed by atoms with Crippen molar-refractivity contribution < 1.29 is 13.6 Å². The van der Waals surface area contributed by atoms with Gasteiger partial charge in [0, 0.05) is 11.4 Å². The number of rotatable bonds is 3. The zero-order valence-electron chi connectivity index (χ0n) is 14.2. The second-order valence-electron chi connectivity index (χ2n) is 6.07. The van der Waals surface area contributed by atoms with Crippen LogP contribution in [0.4, 0.5) is 14.5 Å². The van der Waals surface area contributed by atoms with Crippen LogP contribution in [-0.2, 0) is 4.79 Å². The molecule has 1 aliphatic heterocycles. The Balaban J connectivity index is 1.97. The molecule has 0 spiro atoms. The molecule has 2 aromatic carbocycles. The van der Waals surface area contributed by atoms with Gasteiger partial charge in [0.2, 0.25) is 0 Å². The monoisotopic (exact) mass is 373 g/mol. The van der Waals surface area contributed by atoms with Gasteiger partial charge in [-0.3, -0.25) is 4.79 Å². The second kappa shape index (κ2) is 7.21. The zero-order chi connectivity index (χ0) is 18.8. The third-order valence-electron chi connectivity index (χ3n) is 4.07. The number of benzene rings is 2. The predicted molar refractivity (Wildman–Crippen MR) is 100 cm³/mol. The fourth-order valence-corrected chi connectivity index (χ4v) is 3.13. The average molecular weight is 373 g/mol. The van der Waals surface area contributed by atoms with Crippen molar-refractivity contribution in [3.63, 3.8) is 0 Å². The van der Waals surface area contributed by atoms with Crippen LogP contribution in [0.25, 0.3) is 0 Å². The van der Waals surface area contributed by atoms with E-state index in [0.717, 1.165) is 17.7 Å². The van der Waals surface area contributed by atoms with Crippen LogP contribution >= 0.6 is 12.2 Å². The van der Waals surface area contributed by atoms with Crippen molar-refractivity contribution in [2.24, 2.45) is 0 Å². The largest absolute Gasteiger partial charge is 0.351 e. The number of carbonyl (C=O) groups is 1. The molecule has 0 aliphatic carbocycles. The molecule has 0 unspecified atom stereocenters. The minimum atomic E-state index is -0.982. The topological polar surface area (TPSA) is 53.2 Å². The van der Waals surface area contributed by atoms with E-state index in [9.17, 15) is 13.6 Å². The maximum absolute atomic E-state index is 13.7. The molecule has 0 bridgehead atoms. The molecular weight excluding hydrogens is 356 g/mol.